The summed E-state index contributed by atoms with van der Waals surface area (Å²) in [6, 6.07) is 6.90. The molecule has 0 amide bonds. The number of hydrogen-bond donors (Lipinski definition) is 1. The van der Waals surface area contributed by atoms with Crippen LogP contribution in [0.5, 0.6) is 0 Å². The Kier molecular flexibility index (Phi) is 5.43. The van der Waals surface area contributed by atoms with Gasteiger partial charge in [-0.25, -0.2) is 8.42 Å². The maximum Gasteiger partial charge on any atom is 0.157 e. The van der Waals surface area contributed by atoms with Gasteiger partial charge in [-0.15, -0.1) is 0 Å². The molecule has 0 saturated carbocycles. The van der Waals surface area contributed by atoms with Crippen molar-refractivity contribution in [2.75, 3.05) is 6.54 Å². The Labute approximate surface area is 108 Å². The van der Waals surface area contributed by atoms with Crippen molar-refractivity contribution in [1.29, 1.82) is 0 Å². The lowest BCUT2D eigenvalue weighted by molar-refractivity contribution is 0.566. The second-order valence-electron chi connectivity index (χ2n) is 4.04. The van der Waals surface area contributed by atoms with Crippen molar-refractivity contribution in [2.45, 2.75) is 30.8 Å². The Morgan fingerprint density at radius 2 is 1.88 bits per heavy atom. The lowest BCUT2D eigenvalue weighted by Crippen LogP contribution is -2.25. The molecule has 0 aromatic heterocycles. The van der Waals surface area contributed by atoms with Gasteiger partial charge in [-0.05, 0) is 37.1 Å². The van der Waals surface area contributed by atoms with E-state index in [4.69, 9.17) is 17.3 Å². The molecule has 96 valence electrons. The van der Waals surface area contributed by atoms with E-state index in [-0.39, 0.29) is 11.0 Å². The predicted octanol–water partition coefficient (Wildman–Crippen LogP) is 2.38. The van der Waals surface area contributed by atoms with Crippen molar-refractivity contribution in [3.8, 4) is 0 Å². The largest absolute Gasteiger partial charge is 0.330 e. The topological polar surface area (TPSA) is 60.2 Å². The fraction of sp³-hybridized carbons (Fsp3) is 0.500. The number of sulfone groups is 1. The summed E-state index contributed by atoms with van der Waals surface area (Å²) in [6.45, 7) is 2.28. The molecule has 1 aromatic carbocycles. The van der Waals surface area contributed by atoms with E-state index in [0.29, 0.717) is 24.4 Å². The Morgan fingerprint density at radius 1 is 1.29 bits per heavy atom. The second-order valence-corrected chi connectivity index (χ2v) is 6.76. The molecule has 2 N–H and O–H groups in total. The molecule has 1 unspecified atom stereocenters. The summed E-state index contributed by atoms with van der Waals surface area (Å²) in [7, 11) is -3.12. The van der Waals surface area contributed by atoms with Crippen molar-refractivity contribution in [3.05, 3.63) is 34.9 Å². The Bertz CT molecular complexity index is 442. The molecule has 0 radical (unpaired) electrons. The van der Waals surface area contributed by atoms with Gasteiger partial charge in [-0.1, -0.05) is 30.7 Å². The molecular formula is C12H18ClNO2S. The van der Waals surface area contributed by atoms with Gasteiger partial charge in [0.05, 0.1) is 11.0 Å². The summed E-state index contributed by atoms with van der Waals surface area (Å²) >= 11 is 5.76. The molecule has 0 aliphatic rings. The quantitative estimate of drug-likeness (QED) is 0.867. The van der Waals surface area contributed by atoms with Crippen LogP contribution in [0.15, 0.2) is 24.3 Å². The SMILES string of the molecule is CCC(CCN)S(=O)(=O)Cc1ccc(Cl)cc1. The lowest BCUT2D eigenvalue weighted by Gasteiger charge is -2.14. The van der Waals surface area contributed by atoms with Crippen LogP contribution in [0.25, 0.3) is 0 Å². The van der Waals surface area contributed by atoms with Crippen LogP contribution >= 0.6 is 11.6 Å². The molecule has 3 nitrogen and oxygen atoms in total. The standard InChI is InChI=1S/C12H18ClNO2S/c1-2-12(7-8-14)17(15,16)9-10-3-5-11(13)6-4-10/h3-6,12H,2,7-9,14H2,1H3. The molecule has 0 saturated heterocycles. The van der Waals surface area contributed by atoms with Crippen LogP contribution in [0, 0.1) is 0 Å². The van der Waals surface area contributed by atoms with Crippen LogP contribution in [-0.4, -0.2) is 20.2 Å². The molecule has 0 spiro atoms. The molecular weight excluding hydrogens is 258 g/mol. The minimum absolute atomic E-state index is 0.0582. The van der Waals surface area contributed by atoms with Crippen LogP contribution in [0.1, 0.15) is 25.3 Å². The van der Waals surface area contributed by atoms with Gasteiger partial charge in [0.15, 0.2) is 9.84 Å². The van der Waals surface area contributed by atoms with Gasteiger partial charge in [-0.2, -0.15) is 0 Å². The highest BCUT2D eigenvalue weighted by Crippen LogP contribution is 2.18. The summed E-state index contributed by atoms with van der Waals surface area (Å²) < 4.78 is 24.2. The average Bonchev–Trinajstić information content (AvgIpc) is 2.28. The van der Waals surface area contributed by atoms with Crippen molar-refractivity contribution < 1.29 is 8.42 Å². The number of nitrogens with two attached hydrogens (primary N) is 1. The zero-order chi connectivity index (χ0) is 12.9. The van der Waals surface area contributed by atoms with Crippen molar-refractivity contribution in [3.63, 3.8) is 0 Å². The predicted molar refractivity (Wildman–Crippen MR) is 71.8 cm³/mol. The highest BCUT2D eigenvalue weighted by atomic mass is 35.5. The van der Waals surface area contributed by atoms with E-state index >= 15 is 0 Å². The summed E-state index contributed by atoms with van der Waals surface area (Å²) in [5, 5.41) is 0.267. The zero-order valence-corrected chi connectivity index (χ0v) is 11.5. The van der Waals surface area contributed by atoms with Gasteiger partial charge in [0.25, 0.3) is 0 Å². The van der Waals surface area contributed by atoms with Crippen LogP contribution in [0.4, 0.5) is 0 Å². The number of benzene rings is 1. The van der Waals surface area contributed by atoms with E-state index in [1.54, 1.807) is 24.3 Å². The molecule has 1 aromatic rings. The highest BCUT2D eigenvalue weighted by molar-refractivity contribution is 7.91. The van der Waals surface area contributed by atoms with Crippen LogP contribution in [-0.2, 0) is 15.6 Å². The maximum atomic E-state index is 12.1. The molecule has 5 heteroatoms. The Hall–Kier alpha value is -0.580. The fourth-order valence-electron chi connectivity index (χ4n) is 1.75. The van der Waals surface area contributed by atoms with Gasteiger partial charge in [-0.3, -0.25) is 0 Å². The lowest BCUT2D eigenvalue weighted by atomic mass is 10.2. The third kappa shape index (κ3) is 4.30. The average molecular weight is 276 g/mol. The summed E-state index contributed by atoms with van der Waals surface area (Å²) in [5.41, 5.74) is 6.20. The monoisotopic (exact) mass is 275 g/mol. The second kappa shape index (κ2) is 6.38. The highest BCUT2D eigenvalue weighted by Gasteiger charge is 2.23. The first-order valence-corrected chi connectivity index (χ1v) is 7.75. The van der Waals surface area contributed by atoms with E-state index in [1.807, 2.05) is 6.92 Å². The molecule has 0 fully saturated rings. The van der Waals surface area contributed by atoms with Crippen molar-refractivity contribution in [2.24, 2.45) is 5.73 Å². The molecule has 0 bridgehead atoms. The molecule has 0 heterocycles. The van der Waals surface area contributed by atoms with E-state index in [2.05, 4.69) is 0 Å². The molecule has 1 rings (SSSR count). The third-order valence-corrected chi connectivity index (χ3v) is 5.31. The molecule has 0 aliphatic carbocycles. The Morgan fingerprint density at radius 3 is 2.35 bits per heavy atom. The van der Waals surface area contributed by atoms with Gasteiger partial charge < -0.3 is 5.73 Å². The smallest absolute Gasteiger partial charge is 0.157 e. The van der Waals surface area contributed by atoms with E-state index in [1.165, 1.54) is 0 Å². The molecule has 0 aliphatic heterocycles. The normalized spacial score (nSPS) is 13.6. The van der Waals surface area contributed by atoms with Crippen molar-refractivity contribution in [1.82, 2.24) is 0 Å². The van der Waals surface area contributed by atoms with E-state index < -0.39 is 9.84 Å². The van der Waals surface area contributed by atoms with E-state index in [9.17, 15) is 8.42 Å². The first-order valence-electron chi connectivity index (χ1n) is 5.65. The van der Waals surface area contributed by atoms with Gasteiger partial charge in [0.1, 0.15) is 0 Å². The summed E-state index contributed by atoms with van der Waals surface area (Å²) in [4.78, 5) is 0. The van der Waals surface area contributed by atoms with Gasteiger partial charge in [0, 0.05) is 5.02 Å². The van der Waals surface area contributed by atoms with E-state index in [0.717, 1.165) is 5.56 Å². The first-order chi connectivity index (χ1) is 7.99. The fourth-order valence-corrected chi connectivity index (χ4v) is 3.78. The Balaban J connectivity index is 2.81. The minimum atomic E-state index is -3.12. The summed E-state index contributed by atoms with van der Waals surface area (Å²) in [6.07, 6.45) is 1.12. The van der Waals surface area contributed by atoms with Crippen molar-refractivity contribution >= 4 is 21.4 Å². The minimum Gasteiger partial charge on any atom is -0.330 e. The van der Waals surface area contributed by atoms with Crippen LogP contribution < -0.4 is 5.73 Å². The summed E-state index contributed by atoms with van der Waals surface area (Å²) in [5.74, 6) is 0.0582. The number of rotatable bonds is 6. The zero-order valence-electron chi connectivity index (χ0n) is 9.90. The number of halogens is 1. The third-order valence-electron chi connectivity index (χ3n) is 2.73. The number of hydrogen-bond acceptors (Lipinski definition) is 3. The molecule has 1 atom stereocenters. The first kappa shape index (κ1) is 14.5. The van der Waals surface area contributed by atoms with Gasteiger partial charge >= 0.3 is 0 Å². The van der Waals surface area contributed by atoms with Crippen LogP contribution in [0.2, 0.25) is 5.02 Å². The maximum absolute atomic E-state index is 12.1. The molecule has 17 heavy (non-hydrogen) atoms. The van der Waals surface area contributed by atoms with Gasteiger partial charge in [0.2, 0.25) is 0 Å². The van der Waals surface area contributed by atoms with Crippen LogP contribution in [0.3, 0.4) is 0 Å².